The third-order valence-corrected chi connectivity index (χ3v) is 4.34. The maximum atomic E-state index is 10.6. The summed E-state index contributed by atoms with van der Waals surface area (Å²) >= 11 is 1.69. The molecule has 0 saturated carbocycles. The zero-order valence-corrected chi connectivity index (χ0v) is 12.0. The van der Waals surface area contributed by atoms with Gasteiger partial charge in [0.2, 0.25) is 9.05 Å². The van der Waals surface area contributed by atoms with Gasteiger partial charge in [-0.1, -0.05) is 18.9 Å². The van der Waals surface area contributed by atoms with Gasteiger partial charge in [0.25, 0.3) is 0 Å². The molecule has 0 saturated heterocycles. The normalized spacial score (nSPS) is 11.8. The summed E-state index contributed by atoms with van der Waals surface area (Å²) in [5.74, 6) is 0.0740. The molecule has 0 unspecified atom stereocenters. The highest BCUT2D eigenvalue weighted by molar-refractivity contribution is 8.13. The molecule has 0 amide bonds. The third-order valence-electron chi connectivity index (χ3n) is 2.25. The first kappa shape index (κ1) is 15.0. The van der Waals surface area contributed by atoms with Crippen LogP contribution in [0.5, 0.6) is 0 Å². The molecule has 0 aliphatic heterocycles. The van der Waals surface area contributed by atoms with Gasteiger partial charge < -0.3 is 4.74 Å². The molecule has 0 fully saturated rings. The average Bonchev–Trinajstić information content (AvgIpc) is 2.73. The molecule has 1 heterocycles. The average molecular weight is 297 g/mol. The van der Waals surface area contributed by atoms with E-state index < -0.39 is 9.05 Å². The van der Waals surface area contributed by atoms with Gasteiger partial charge in [-0.05, 0) is 24.3 Å². The molecule has 3 nitrogen and oxygen atoms in total. The molecule has 17 heavy (non-hydrogen) atoms. The van der Waals surface area contributed by atoms with E-state index in [1.165, 1.54) is 4.88 Å². The fourth-order valence-corrected chi connectivity index (χ4v) is 2.92. The first-order chi connectivity index (χ1) is 8.08. The highest BCUT2D eigenvalue weighted by Crippen LogP contribution is 2.10. The molecule has 0 spiro atoms. The van der Waals surface area contributed by atoms with Crippen molar-refractivity contribution in [2.75, 3.05) is 12.4 Å². The van der Waals surface area contributed by atoms with Crippen LogP contribution in [-0.4, -0.2) is 20.8 Å². The quantitative estimate of drug-likeness (QED) is 0.518. The van der Waals surface area contributed by atoms with Gasteiger partial charge in [0.05, 0.1) is 12.4 Å². The van der Waals surface area contributed by atoms with Crippen molar-refractivity contribution in [1.29, 1.82) is 0 Å². The summed E-state index contributed by atoms with van der Waals surface area (Å²) in [7, 11) is 1.79. The van der Waals surface area contributed by atoms with Crippen LogP contribution in [0, 0.1) is 0 Å². The van der Waals surface area contributed by atoms with E-state index in [1.54, 1.807) is 11.3 Å². The second-order valence-electron chi connectivity index (χ2n) is 3.79. The fourth-order valence-electron chi connectivity index (χ4n) is 1.40. The van der Waals surface area contributed by atoms with Gasteiger partial charge in [-0.3, -0.25) is 0 Å². The van der Waals surface area contributed by atoms with E-state index in [4.69, 9.17) is 15.4 Å². The van der Waals surface area contributed by atoms with Gasteiger partial charge in [0, 0.05) is 22.2 Å². The van der Waals surface area contributed by atoms with Crippen LogP contribution in [0.1, 0.15) is 30.6 Å². The number of hydrogen-bond acceptors (Lipinski definition) is 4. The Labute approximate surface area is 111 Å². The predicted molar refractivity (Wildman–Crippen MR) is 72.1 cm³/mol. The first-order valence-electron chi connectivity index (χ1n) is 5.60. The maximum Gasteiger partial charge on any atom is 0.232 e. The van der Waals surface area contributed by atoms with E-state index in [9.17, 15) is 8.42 Å². The Balaban J connectivity index is 1.88. The lowest BCUT2D eigenvalue weighted by molar-refractivity contribution is 0.119. The fraction of sp³-hybridized carbons (Fsp3) is 0.636. The lowest BCUT2D eigenvalue weighted by Crippen LogP contribution is -1.98. The zero-order chi connectivity index (χ0) is 12.6. The van der Waals surface area contributed by atoms with Crippen LogP contribution in [0.4, 0.5) is 0 Å². The molecule has 0 bridgehead atoms. The maximum absolute atomic E-state index is 10.6. The zero-order valence-electron chi connectivity index (χ0n) is 9.60. The van der Waals surface area contributed by atoms with Gasteiger partial charge >= 0.3 is 0 Å². The second kappa shape index (κ2) is 8.08. The number of thiophene rings is 1. The molecular formula is C11H17ClO3S2. The predicted octanol–water partition coefficient (Wildman–Crippen LogP) is 3.39. The van der Waals surface area contributed by atoms with E-state index in [0.717, 1.165) is 25.9 Å². The lowest BCUT2D eigenvalue weighted by Gasteiger charge is -2.02. The molecular weight excluding hydrogens is 280 g/mol. The Morgan fingerprint density at radius 1 is 1.24 bits per heavy atom. The summed E-state index contributed by atoms with van der Waals surface area (Å²) in [5, 5.41) is 2.03. The summed E-state index contributed by atoms with van der Waals surface area (Å²) in [6, 6.07) is 4.06. The van der Waals surface area contributed by atoms with E-state index in [2.05, 4.69) is 6.07 Å². The minimum Gasteiger partial charge on any atom is -0.376 e. The van der Waals surface area contributed by atoms with Crippen molar-refractivity contribution < 1.29 is 13.2 Å². The Hall–Kier alpha value is -0.100. The van der Waals surface area contributed by atoms with Gasteiger partial charge in [-0.15, -0.1) is 11.3 Å². The van der Waals surface area contributed by atoms with Gasteiger partial charge in [-0.25, -0.2) is 8.42 Å². The minimum atomic E-state index is -3.31. The summed E-state index contributed by atoms with van der Waals surface area (Å²) in [6.07, 6.45) is 3.47. The highest BCUT2D eigenvalue weighted by atomic mass is 35.7. The van der Waals surface area contributed by atoms with Crippen LogP contribution in [0.3, 0.4) is 0 Å². The molecule has 0 aliphatic carbocycles. The molecule has 0 aliphatic rings. The molecule has 6 heteroatoms. The third kappa shape index (κ3) is 8.60. The lowest BCUT2D eigenvalue weighted by atomic mass is 10.2. The van der Waals surface area contributed by atoms with Crippen molar-refractivity contribution >= 4 is 31.1 Å². The smallest absolute Gasteiger partial charge is 0.232 e. The Morgan fingerprint density at radius 3 is 2.65 bits per heavy atom. The second-order valence-corrected chi connectivity index (χ2v) is 7.72. The molecule has 1 aromatic rings. The number of hydrogen-bond donors (Lipinski definition) is 0. The van der Waals surface area contributed by atoms with E-state index >= 15 is 0 Å². The molecule has 98 valence electrons. The summed E-state index contributed by atoms with van der Waals surface area (Å²) < 4.78 is 26.8. The minimum absolute atomic E-state index is 0.0740. The Kier molecular flexibility index (Phi) is 7.11. The van der Waals surface area contributed by atoms with Crippen LogP contribution in [0.2, 0.25) is 0 Å². The Bertz CT molecular complexity index is 387. The number of unbranched alkanes of at least 4 members (excludes halogenated alkanes) is 3. The van der Waals surface area contributed by atoms with Crippen LogP contribution in [0.15, 0.2) is 17.5 Å². The van der Waals surface area contributed by atoms with Gasteiger partial charge in [-0.2, -0.15) is 0 Å². The molecule has 0 atom stereocenters. The van der Waals surface area contributed by atoms with Crippen molar-refractivity contribution in [1.82, 2.24) is 0 Å². The largest absolute Gasteiger partial charge is 0.376 e. The summed E-state index contributed by atoms with van der Waals surface area (Å²) in [5.41, 5.74) is 0. The van der Waals surface area contributed by atoms with Gasteiger partial charge in [0.15, 0.2) is 0 Å². The monoisotopic (exact) mass is 296 g/mol. The van der Waals surface area contributed by atoms with Crippen LogP contribution >= 0.6 is 22.0 Å². The number of rotatable bonds is 9. The van der Waals surface area contributed by atoms with Crippen molar-refractivity contribution in [2.24, 2.45) is 0 Å². The SMILES string of the molecule is O=S(=O)(Cl)CCCCCCOCc1cccs1. The van der Waals surface area contributed by atoms with Gasteiger partial charge in [0.1, 0.15) is 0 Å². The van der Waals surface area contributed by atoms with Crippen LogP contribution in [0.25, 0.3) is 0 Å². The molecule has 0 N–H and O–H groups in total. The molecule has 1 aromatic heterocycles. The van der Waals surface area contributed by atoms with E-state index in [1.807, 2.05) is 11.4 Å². The van der Waals surface area contributed by atoms with E-state index in [-0.39, 0.29) is 5.75 Å². The summed E-state index contributed by atoms with van der Waals surface area (Å²) in [6.45, 7) is 1.40. The summed E-state index contributed by atoms with van der Waals surface area (Å²) in [4.78, 5) is 1.23. The Morgan fingerprint density at radius 2 is 2.00 bits per heavy atom. The first-order valence-corrected chi connectivity index (χ1v) is 8.96. The standard InChI is InChI=1S/C11H17ClO3S2/c12-17(13,14)9-4-2-1-3-7-15-10-11-6-5-8-16-11/h5-6,8H,1-4,7,9-10H2. The molecule has 0 aromatic carbocycles. The van der Waals surface area contributed by atoms with Crippen molar-refractivity contribution in [3.63, 3.8) is 0 Å². The van der Waals surface area contributed by atoms with Crippen molar-refractivity contribution in [2.45, 2.75) is 32.3 Å². The number of halogens is 1. The molecule has 0 radical (unpaired) electrons. The topological polar surface area (TPSA) is 43.4 Å². The van der Waals surface area contributed by atoms with Crippen LogP contribution < -0.4 is 0 Å². The number of ether oxygens (including phenoxy) is 1. The molecule has 1 rings (SSSR count). The highest BCUT2D eigenvalue weighted by Gasteiger charge is 2.03. The van der Waals surface area contributed by atoms with Crippen LogP contribution in [-0.2, 0) is 20.4 Å². The van der Waals surface area contributed by atoms with Crippen molar-refractivity contribution in [3.05, 3.63) is 22.4 Å². The van der Waals surface area contributed by atoms with E-state index in [0.29, 0.717) is 13.0 Å². The van der Waals surface area contributed by atoms with Crippen molar-refractivity contribution in [3.8, 4) is 0 Å².